The quantitative estimate of drug-likeness (QED) is 0.376. The molecule has 0 saturated carbocycles. The average molecular weight is 462 g/mol. The van der Waals surface area contributed by atoms with Gasteiger partial charge in [-0.25, -0.2) is 0 Å². The van der Waals surface area contributed by atoms with Crippen LogP contribution in [0.3, 0.4) is 0 Å². The molecule has 2 heteroatoms. The van der Waals surface area contributed by atoms with Gasteiger partial charge in [0.2, 0.25) is 0 Å². The van der Waals surface area contributed by atoms with E-state index < -0.39 is 0 Å². The summed E-state index contributed by atoms with van der Waals surface area (Å²) in [5, 5.41) is 0. The third kappa shape index (κ3) is 7.32. The number of hydrogen-bond acceptors (Lipinski definition) is 1. The minimum absolute atomic E-state index is 0.0558. The molecular weight excluding hydrogens is 414 g/mol. The lowest BCUT2D eigenvalue weighted by atomic mass is 9.72. The molecule has 0 unspecified atom stereocenters. The predicted molar refractivity (Wildman–Crippen MR) is 149 cm³/mol. The standard InChI is InChI=1S/C32H47NO/c1-23(2)28(34)33(26-17-13-24(14-18-26)31(9,10)21-29(3,4)5)27-19-15-25(16-20-27)32(11,12)22-30(6,7)8/h13-20H,1,21-22H2,2-12H3. The van der Waals surface area contributed by atoms with E-state index in [4.69, 9.17) is 0 Å². The summed E-state index contributed by atoms with van der Waals surface area (Å²) in [6.07, 6.45) is 2.17. The third-order valence-corrected chi connectivity index (χ3v) is 6.33. The molecule has 0 aliphatic heterocycles. The molecule has 2 rings (SSSR count). The first-order valence-electron chi connectivity index (χ1n) is 12.5. The normalized spacial score (nSPS) is 13.0. The summed E-state index contributed by atoms with van der Waals surface area (Å²) in [6, 6.07) is 16.9. The maximum atomic E-state index is 13.2. The Kier molecular flexibility index (Phi) is 7.97. The molecule has 2 aromatic rings. The molecule has 34 heavy (non-hydrogen) atoms. The number of hydrogen-bond donors (Lipinski definition) is 0. The first-order chi connectivity index (χ1) is 15.3. The van der Waals surface area contributed by atoms with Crippen molar-refractivity contribution in [2.45, 2.75) is 99.8 Å². The second-order valence-electron chi connectivity index (χ2n) is 13.8. The number of nitrogens with zero attached hydrogens (tertiary/aromatic N) is 1. The van der Waals surface area contributed by atoms with Crippen LogP contribution in [0.5, 0.6) is 0 Å². The minimum Gasteiger partial charge on any atom is -0.277 e. The first-order valence-corrected chi connectivity index (χ1v) is 12.5. The molecule has 0 aliphatic carbocycles. The minimum atomic E-state index is -0.0802. The number of carbonyl (C=O) groups excluding carboxylic acids is 1. The van der Waals surface area contributed by atoms with Gasteiger partial charge in [-0.3, -0.25) is 9.69 Å². The Morgan fingerprint density at radius 1 is 0.647 bits per heavy atom. The van der Waals surface area contributed by atoms with E-state index in [0.717, 1.165) is 24.2 Å². The molecule has 0 bridgehead atoms. The molecule has 0 heterocycles. The molecule has 0 aromatic heterocycles. The number of amides is 1. The molecule has 0 spiro atoms. The van der Waals surface area contributed by atoms with E-state index in [-0.39, 0.29) is 27.6 Å². The Morgan fingerprint density at radius 3 is 1.18 bits per heavy atom. The van der Waals surface area contributed by atoms with Crippen molar-refractivity contribution >= 4 is 17.3 Å². The summed E-state index contributed by atoms with van der Waals surface area (Å²) in [6.45, 7) is 28.6. The van der Waals surface area contributed by atoms with Crippen molar-refractivity contribution < 1.29 is 4.79 Å². The van der Waals surface area contributed by atoms with Crippen molar-refractivity contribution in [3.63, 3.8) is 0 Å². The highest BCUT2D eigenvalue weighted by Crippen LogP contribution is 2.39. The van der Waals surface area contributed by atoms with E-state index in [1.54, 1.807) is 11.8 Å². The van der Waals surface area contributed by atoms with Gasteiger partial charge in [-0.15, -0.1) is 0 Å². The van der Waals surface area contributed by atoms with Crippen molar-refractivity contribution in [3.8, 4) is 0 Å². The number of rotatable bonds is 7. The van der Waals surface area contributed by atoms with Gasteiger partial charge in [-0.2, -0.15) is 0 Å². The van der Waals surface area contributed by atoms with Crippen LogP contribution < -0.4 is 4.90 Å². The van der Waals surface area contributed by atoms with Gasteiger partial charge in [0.1, 0.15) is 0 Å². The van der Waals surface area contributed by atoms with Crippen molar-refractivity contribution in [1.29, 1.82) is 0 Å². The molecule has 0 fully saturated rings. The highest BCUT2D eigenvalue weighted by Gasteiger charge is 2.29. The SMILES string of the molecule is C=C(C)C(=O)N(c1ccc(C(C)(C)CC(C)(C)C)cc1)c1ccc(C(C)(C)CC(C)(C)C)cc1. The van der Waals surface area contributed by atoms with Crippen molar-refractivity contribution in [2.24, 2.45) is 10.8 Å². The summed E-state index contributed by atoms with van der Waals surface area (Å²) in [4.78, 5) is 15.0. The molecule has 0 N–H and O–H groups in total. The summed E-state index contributed by atoms with van der Waals surface area (Å²) >= 11 is 0. The Labute approximate surface area is 209 Å². The van der Waals surface area contributed by atoms with E-state index in [1.165, 1.54) is 11.1 Å². The van der Waals surface area contributed by atoms with Crippen molar-refractivity contribution in [1.82, 2.24) is 0 Å². The number of benzene rings is 2. The number of carbonyl (C=O) groups is 1. The largest absolute Gasteiger partial charge is 0.277 e. The first kappa shape index (κ1) is 27.9. The van der Waals surface area contributed by atoms with Crippen molar-refractivity contribution in [3.05, 3.63) is 71.8 Å². The zero-order valence-corrected chi connectivity index (χ0v) is 23.6. The van der Waals surface area contributed by atoms with Crippen LogP contribution in [0.15, 0.2) is 60.7 Å². The van der Waals surface area contributed by atoms with Gasteiger partial charge >= 0.3 is 0 Å². The highest BCUT2D eigenvalue weighted by molar-refractivity contribution is 6.09. The van der Waals surface area contributed by atoms with Crippen LogP contribution in [0.4, 0.5) is 11.4 Å². The van der Waals surface area contributed by atoms with Crippen LogP contribution in [0.25, 0.3) is 0 Å². The summed E-state index contributed by atoms with van der Waals surface area (Å²) < 4.78 is 0. The van der Waals surface area contributed by atoms with Crippen LogP contribution in [0.1, 0.15) is 100 Å². The highest BCUT2D eigenvalue weighted by atomic mass is 16.2. The third-order valence-electron chi connectivity index (χ3n) is 6.33. The van der Waals surface area contributed by atoms with E-state index in [0.29, 0.717) is 5.57 Å². The van der Waals surface area contributed by atoms with E-state index in [9.17, 15) is 4.79 Å². The van der Waals surface area contributed by atoms with Crippen LogP contribution >= 0.6 is 0 Å². The van der Waals surface area contributed by atoms with Crippen LogP contribution in [0, 0.1) is 10.8 Å². The molecule has 1 amide bonds. The molecular formula is C32H47NO. The van der Waals surface area contributed by atoms with Gasteiger partial charge in [-0.1, -0.05) is 100 Å². The lowest BCUT2D eigenvalue weighted by Crippen LogP contribution is -2.28. The number of anilines is 2. The van der Waals surface area contributed by atoms with Crippen LogP contribution in [0.2, 0.25) is 0 Å². The second-order valence-corrected chi connectivity index (χ2v) is 13.8. The fraction of sp³-hybridized carbons (Fsp3) is 0.531. The maximum Gasteiger partial charge on any atom is 0.257 e. The van der Waals surface area contributed by atoms with Crippen molar-refractivity contribution in [2.75, 3.05) is 4.90 Å². The topological polar surface area (TPSA) is 20.3 Å². The maximum absolute atomic E-state index is 13.2. The zero-order valence-electron chi connectivity index (χ0n) is 23.6. The van der Waals surface area contributed by atoms with Crippen LogP contribution in [-0.2, 0) is 15.6 Å². The smallest absolute Gasteiger partial charge is 0.257 e. The fourth-order valence-corrected chi connectivity index (χ4v) is 5.55. The zero-order chi connectivity index (χ0) is 26.1. The molecule has 0 aliphatic rings. The molecule has 2 nitrogen and oxygen atoms in total. The Hall–Kier alpha value is -2.35. The Bertz CT molecular complexity index is 921. The molecule has 186 valence electrons. The lowest BCUT2D eigenvalue weighted by Gasteiger charge is -2.34. The van der Waals surface area contributed by atoms with E-state index in [2.05, 4.69) is 124 Å². The van der Waals surface area contributed by atoms with Gasteiger partial charge in [-0.05, 0) is 76.8 Å². The monoisotopic (exact) mass is 461 g/mol. The van der Waals surface area contributed by atoms with Gasteiger partial charge in [0.15, 0.2) is 0 Å². The van der Waals surface area contributed by atoms with Gasteiger partial charge in [0, 0.05) is 16.9 Å². The lowest BCUT2D eigenvalue weighted by molar-refractivity contribution is -0.114. The van der Waals surface area contributed by atoms with E-state index >= 15 is 0 Å². The molecule has 0 radical (unpaired) electrons. The molecule has 0 atom stereocenters. The van der Waals surface area contributed by atoms with Gasteiger partial charge < -0.3 is 0 Å². The summed E-state index contributed by atoms with van der Waals surface area (Å²) in [5.74, 6) is -0.0802. The average Bonchev–Trinajstić information content (AvgIpc) is 2.65. The predicted octanol–water partition coefficient (Wildman–Crippen LogP) is 9.36. The Balaban J connectivity index is 2.43. The van der Waals surface area contributed by atoms with E-state index in [1.807, 2.05) is 0 Å². The summed E-state index contributed by atoms with van der Waals surface area (Å²) in [7, 11) is 0. The van der Waals surface area contributed by atoms with Crippen LogP contribution in [-0.4, -0.2) is 5.91 Å². The fourth-order valence-electron chi connectivity index (χ4n) is 5.55. The molecule has 0 saturated heterocycles. The van der Waals surface area contributed by atoms with Gasteiger partial charge in [0.05, 0.1) is 0 Å². The second kappa shape index (κ2) is 9.72. The molecule has 2 aromatic carbocycles. The summed E-state index contributed by atoms with van der Waals surface area (Å²) in [5.41, 5.74) is 5.42. The Morgan fingerprint density at radius 2 is 0.941 bits per heavy atom. The van der Waals surface area contributed by atoms with Gasteiger partial charge in [0.25, 0.3) is 5.91 Å².